The van der Waals surface area contributed by atoms with Crippen molar-refractivity contribution in [1.82, 2.24) is 4.90 Å². The van der Waals surface area contributed by atoms with Gasteiger partial charge in [-0.15, -0.1) is 0 Å². The Hall–Kier alpha value is -2.65. The summed E-state index contributed by atoms with van der Waals surface area (Å²) < 4.78 is 45.4. The van der Waals surface area contributed by atoms with Gasteiger partial charge in [0.15, 0.2) is 22.4 Å². The summed E-state index contributed by atoms with van der Waals surface area (Å²) in [5.41, 5.74) is 1.71. The number of aliphatic hydroxyl groups excluding tert-OH is 1. The SMILES string of the molecule is CC[Si](CC)(CC)O[C@@H]1/C(C)=C/[C@@H](C)[C@H](O)C[C@@H]([C@H](C)C[C@@H]2CC[C@@H](O[Si](CC)(CC)CC)[C@H](OC)C2)OC(=O)[C@@H]2CCCCN2C(=O)C(=O)[C@]2(O)O[C@@H](CC[C@H]2C)CC(OC)/C(C)=C/C=C/C=C/[C@@H](C)C[C@@H](C)C(=O)[C@@H]1OC. The molecule has 1 unspecified atom stereocenters. The number of hydrogen-bond acceptors (Lipinski definition) is 13. The number of esters is 1. The minimum Gasteiger partial charge on any atom is -0.460 e. The average molecular weight is 1140 g/mol. The van der Waals surface area contributed by atoms with Crippen LogP contribution in [0.5, 0.6) is 0 Å². The van der Waals surface area contributed by atoms with E-state index in [0.717, 1.165) is 66.7 Å². The Morgan fingerprint density at radius 2 is 1.37 bits per heavy atom. The fourth-order valence-corrected chi connectivity index (χ4v) is 18.9. The number of amides is 1. The Labute approximate surface area is 479 Å². The van der Waals surface area contributed by atoms with Crippen molar-refractivity contribution in [1.29, 1.82) is 0 Å². The van der Waals surface area contributed by atoms with Gasteiger partial charge in [-0.05, 0) is 143 Å². The monoisotopic (exact) mass is 1140 g/mol. The number of cyclic esters (lactones) is 1. The summed E-state index contributed by atoms with van der Waals surface area (Å²) in [4.78, 5) is 59.8. The quantitative estimate of drug-likeness (QED) is 0.0647. The maximum Gasteiger partial charge on any atom is 0.329 e. The second kappa shape index (κ2) is 32.4. The van der Waals surface area contributed by atoms with Crippen molar-refractivity contribution < 1.29 is 61.9 Å². The minimum atomic E-state index is -2.41. The number of nitrogens with zero attached hydrogens (tertiary/aromatic N) is 1. The van der Waals surface area contributed by atoms with Crippen LogP contribution in [0.2, 0.25) is 36.3 Å². The maximum atomic E-state index is 14.9. The zero-order valence-corrected chi connectivity index (χ0v) is 53.9. The van der Waals surface area contributed by atoms with Crippen LogP contribution in [0, 0.1) is 35.5 Å². The number of allylic oxidation sites excluding steroid dienone is 5. The fourth-order valence-electron chi connectivity index (χ4n) is 13.1. The maximum absolute atomic E-state index is 14.9. The van der Waals surface area contributed by atoms with Crippen LogP contribution < -0.4 is 0 Å². The number of hydrogen-bond donors (Lipinski definition) is 2. The zero-order valence-electron chi connectivity index (χ0n) is 51.9. The Morgan fingerprint density at radius 1 is 0.722 bits per heavy atom. The number of ketones is 2. The van der Waals surface area contributed by atoms with Crippen LogP contribution in [-0.2, 0) is 51.7 Å². The van der Waals surface area contributed by atoms with Gasteiger partial charge in [0.25, 0.3) is 11.7 Å². The number of rotatable bonds is 16. The first-order valence-electron chi connectivity index (χ1n) is 30.8. The predicted molar refractivity (Wildman–Crippen MR) is 318 cm³/mol. The van der Waals surface area contributed by atoms with Crippen LogP contribution in [0.1, 0.15) is 167 Å². The van der Waals surface area contributed by atoms with Crippen molar-refractivity contribution >= 4 is 40.1 Å². The molecule has 2 N–H and O–H groups in total. The number of piperidine rings is 1. The van der Waals surface area contributed by atoms with Crippen molar-refractivity contribution in [2.24, 2.45) is 35.5 Å². The average Bonchev–Trinajstić information content (AvgIpc) is 3.45. The molecule has 14 nitrogen and oxygen atoms in total. The van der Waals surface area contributed by atoms with Crippen LogP contribution in [-0.4, -0.2) is 144 Å². The number of aliphatic hydroxyl groups is 2. The molecule has 0 radical (unpaired) electrons. The largest absolute Gasteiger partial charge is 0.460 e. The highest BCUT2D eigenvalue weighted by atomic mass is 28.4. The number of ether oxygens (including phenoxy) is 5. The lowest BCUT2D eigenvalue weighted by Crippen LogP contribution is -2.61. The van der Waals surface area contributed by atoms with Crippen LogP contribution in [0.3, 0.4) is 0 Å². The Bertz CT molecular complexity index is 2040. The first-order chi connectivity index (χ1) is 37.5. The van der Waals surface area contributed by atoms with Crippen LogP contribution in [0.15, 0.2) is 47.6 Å². The van der Waals surface area contributed by atoms with E-state index in [4.69, 9.17) is 32.5 Å². The molecule has 0 aromatic carbocycles. The van der Waals surface area contributed by atoms with E-state index in [0.29, 0.717) is 44.9 Å². The number of carbonyl (C=O) groups excluding carboxylic acids is 4. The third-order valence-corrected chi connectivity index (χ3v) is 28.5. The Morgan fingerprint density at radius 3 is 1.97 bits per heavy atom. The van der Waals surface area contributed by atoms with Gasteiger partial charge in [0, 0.05) is 58.5 Å². The molecule has 0 spiro atoms. The number of carbonyl (C=O) groups is 4. The van der Waals surface area contributed by atoms with Gasteiger partial charge in [-0.1, -0.05) is 113 Å². The van der Waals surface area contributed by atoms with E-state index >= 15 is 0 Å². The molecule has 1 amide bonds. The molecular weight excluding hydrogens is 1030 g/mol. The standard InChI is InChI=1S/C63H109NO13Si2/c1-17-78(18-2,19-3)76-53-34-32-49(39-56(53)72-15)38-45(10)55-41-52(65)44(9)37-47(12)58(77-79(20-4,21-5)22-6)59(73-16)57(66)46(11)36-42(7)28-24-23-25-29-43(8)54(71-14)40-50-33-31-48(13)63(70,75-50)60(67)61(68)64-35-27-26-30-51(64)62(69)74-55/h23-25,28-29,37,42,44-46,48-56,58-59,65,70H,17-22,26-27,30-36,38-41H2,1-16H3/b25-23+,28-24+,43-29+,47-37+/t42-,44-,45-,46-,48-,49+,50+,51+,52-,53-,54?,55+,56-,58-,59+,63-/m1/s1. The third kappa shape index (κ3) is 18.2. The first-order valence-corrected chi connectivity index (χ1v) is 35.9. The van der Waals surface area contributed by atoms with Crippen molar-refractivity contribution in [2.75, 3.05) is 27.9 Å². The molecule has 2 bridgehead atoms. The van der Waals surface area contributed by atoms with Crippen molar-refractivity contribution in [3.63, 3.8) is 0 Å². The molecule has 452 valence electrons. The van der Waals surface area contributed by atoms with Crippen LogP contribution in [0.4, 0.5) is 0 Å². The lowest BCUT2D eigenvalue weighted by atomic mass is 9.78. The normalized spacial score (nSPS) is 36.8. The molecule has 3 fully saturated rings. The fraction of sp³-hybridized carbons (Fsp3) is 0.810. The summed E-state index contributed by atoms with van der Waals surface area (Å²) in [6.45, 7) is 27.1. The minimum absolute atomic E-state index is 0.0214. The lowest BCUT2D eigenvalue weighted by Gasteiger charge is -2.43. The van der Waals surface area contributed by atoms with Gasteiger partial charge in [-0.25, -0.2) is 4.79 Å². The highest BCUT2D eigenvalue weighted by Crippen LogP contribution is 2.40. The van der Waals surface area contributed by atoms with E-state index in [-0.39, 0.29) is 61.0 Å². The third-order valence-electron chi connectivity index (χ3n) is 19.3. The number of Topliss-reactive ketones (excluding diaryl/α,β-unsaturated/α-hetero) is 2. The molecule has 79 heavy (non-hydrogen) atoms. The summed E-state index contributed by atoms with van der Waals surface area (Å²) in [6.07, 6.45) is 14.3. The molecule has 1 saturated carbocycles. The van der Waals surface area contributed by atoms with E-state index in [9.17, 15) is 29.4 Å². The summed E-state index contributed by atoms with van der Waals surface area (Å²) >= 11 is 0. The van der Waals surface area contributed by atoms with Gasteiger partial charge in [0.1, 0.15) is 18.2 Å². The Balaban J connectivity index is 1.80. The van der Waals surface area contributed by atoms with Crippen LogP contribution in [0.25, 0.3) is 0 Å². The molecule has 16 atom stereocenters. The van der Waals surface area contributed by atoms with Crippen molar-refractivity contribution in [2.45, 2.75) is 264 Å². The van der Waals surface area contributed by atoms with Crippen molar-refractivity contribution in [3.8, 4) is 0 Å². The van der Waals surface area contributed by atoms with Crippen molar-refractivity contribution in [3.05, 3.63) is 47.6 Å². The van der Waals surface area contributed by atoms with Crippen LogP contribution >= 0.6 is 0 Å². The van der Waals surface area contributed by atoms with Gasteiger partial charge in [-0.2, -0.15) is 0 Å². The predicted octanol–water partition coefficient (Wildman–Crippen LogP) is 12.0. The number of fused-ring (bicyclic) bond motifs is 3. The first kappa shape index (κ1) is 68.9. The summed E-state index contributed by atoms with van der Waals surface area (Å²) in [7, 11) is 0.728. The molecule has 3 heterocycles. The topological polar surface area (TPSA) is 177 Å². The molecule has 1 aliphatic carbocycles. The van der Waals surface area contributed by atoms with E-state index in [1.165, 1.54) is 4.90 Å². The van der Waals surface area contributed by atoms with E-state index < -0.39 is 94.6 Å². The van der Waals surface area contributed by atoms with Gasteiger partial charge >= 0.3 is 5.97 Å². The number of methoxy groups -OCH3 is 3. The second-order valence-electron chi connectivity index (χ2n) is 24.5. The molecular formula is C63H109NO13Si2. The molecule has 4 rings (SSSR count). The highest BCUT2D eigenvalue weighted by Gasteiger charge is 2.53. The molecule has 3 aliphatic heterocycles. The van der Waals surface area contributed by atoms with Gasteiger partial charge in [0.05, 0.1) is 36.6 Å². The van der Waals surface area contributed by atoms with E-state index in [1.54, 1.807) is 28.3 Å². The van der Waals surface area contributed by atoms with Gasteiger partial charge in [-0.3, -0.25) is 14.4 Å². The van der Waals surface area contributed by atoms with Gasteiger partial charge < -0.3 is 47.6 Å². The van der Waals surface area contributed by atoms with E-state index in [1.807, 2.05) is 58.1 Å². The van der Waals surface area contributed by atoms with Gasteiger partial charge in [0.2, 0.25) is 5.79 Å². The summed E-state index contributed by atoms with van der Waals surface area (Å²) in [6, 6.07) is 4.69. The summed E-state index contributed by atoms with van der Waals surface area (Å²) in [5, 5.41) is 24.5. The molecule has 16 heteroatoms. The zero-order chi connectivity index (χ0) is 58.8. The highest BCUT2D eigenvalue weighted by molar-refractivity contribution is 6.74. The molecule has 4 aliphatic rings. The lowest BCUT2D eigenvalue weighted by molar-refractivity contribution is -0.265. The molecule has 0 aromatic rings. The molecule has 0 aromatic heterocycles. The summed E-state index contributed by atoms with van der Waals surface area (Å²) in [5.74, 6) is -6.57. The van der Waals surface area contributed by atoms with E-state index in [2.05, 4.69) is 61.5 Å². The second-order valence-corrected chi connectivity index (χ2v) is 33.9. The smallest absolute Gasteiger partial charge is 0.329 e. The Kier molecular flexibility index (Phi) is 28.3. The molecule has 2 saturated heterocycles.